The summed E-state index contributed by atoms with van der Waals surface area (Å²) in [6.45, 7) is 2.62. The topological polar surface area (TPSA) is 113 Å². The monoisotopic (exact) mass is 631 g/mol. The molecule has 9 nitrogen and oxygen atoms in total. The second kappa shape index (κ2) is 14.2. The molecule has 2 aromatic heterocycles. The molecule has 2 N–H and O–H groups in total. The van der Waals surface area contributed by atoms with Gasteiger partial charge in [-0.2, -0.15) is 0 Å². The van der Waals surface area contributed by atoms with Crippen molar-refractivity contribution in [3.8, 4) is 17.2 Å². The van der Waals surface area contributed by atoms with E-state index in [2.05, 4.69) is 9.72 Å². The molecular weight excluding hydrogens is 599 g/mol. The zero-order chi connectivity index (χ0) is 32.7. The summed E-state index contributed by atoms with van der Waals surface area (Å²) >= 11 is 0. The molecular formula is C34H32F3N5O4. The van der Waals surface area contributed by atoms with E-state index < -0.39 is 18.2 Å². The predicted octanol–water partition coefficient (Wildman–Crippen LogP) is 5.74. The van der Waals surface area contributed by atoms with Crippen LogP contribution in [0.4, 0.5) is 13.2 Å². The number of nitrogens with zero attached hydrogens (tertiary/aromatic N) is 4. The Kier molecular flexibility index (Phi) is 9.97. The lowest BCUT2D eigenvalue weighted by Gasteiger charge is -2.33. The van der Waals surface area contributed by atoms with Crippen molar-refractivity contribution in [2.24, 2.45) is 5.73 Å². The Morgan fingerprint density at radius 1 is 0.957 bits per heavy atom. The van der Waals surface area contributed by atoms with E-state index in [1.807, 2.05) is 13.0 Å². The molecule has 5 rings (SSSR count). The van der Waals surface area contributed by atoms with E-state index in [9.17, 15) is 22.8 Å². The van der Waals surface area contributed by atoms with Gasteiger partial charge >= 0.3 is 6.36 Å². The van der Waals surface area contributed by atoms with Crippen LogP contribution in [0, 0.1) is 0 Å². The highest BCUT2D eigenvalue weighted by molar-refractivity contribution is 5.80. The first-order chi connectivity index (χ1) is 22.2. The van der Waals surface area contributed by atoms with Crippen molar-refractivity contribution in [2.75, 3.05) is 13.2 Å². The van der Waals surface area contributed by atoms with Gasteiger partial charge in [0.05, 0.1) is 35.7 Å². The minimum atomic E-state index is -4.83. The molecule has 12 heteroatoms. The maximum atomic E-state index is 14.2. The number of para-hydroxylation sites is 1. The second-order valence-electron chi connectivity index (χ2n) is 10.4. The number of alkyl halides is 3. The highest BCUT2D eigenvalue weighted by atomic mass is 19.4. The van der Waals surface area contributed by atoms with Gasteiger partial charge in [-0.25, -0.2) is 4.98 Å². The Morgan fingerprint density at radius 2 is 1.67 bits per heavy atom. The lowest BCUT2D eigenvalue weighted by Crippen LogP contribution is -2.40. The van der Waals surface area contributed by atoms with Gasteiger partial charge in [-0.05, 0) is 85.6 Å². The summed E-state index contributed by atoms with van der Waals surface area (Å²) in [7, 11) is 0. The van der Waals surface area contributed by atoms with E-state index in [-0.39, 0.29) is 37.4 Å². The zero-order valence-corrected chi connectivity index (χ0v) is 25.0. The quantitative estimate of drug-likeness (QED) is 0.187. The third-order valence-corrected chi connectivity index (χ3v) is 7.23. The van der Waals surface area contributed by atoms with Crippen molar-refractivity contribution in [3.63, 3.8) is 0 Å². The van der Waals surface area contributed by atoms with Crippen LogP contribution in [0.5, 0.6) is 11.5 Å². The molecule has 0 spiro atoms. The summed E-state index contributed by atoms with van der Waals surface area (Å²) in [5.41, 5.74) is 7.98. The number of aromatic nitrogens is 3. The molecule has 0 fully saturated rings. The van der Waals surface area contributed by atoms with Gasteiger partial charge in [0.1, 0.15) is 17.3 Å². The van der Waals surface area contributed by atoms with E-state index in [0.29, 0.717) is 40.3 Å². The van der Waals surface area contributed by atoms with Gasteiger partial charge in [0, 0.05) is 18.9 Å². The number of hydrogen-bond donors (Lipinski definition) is 1. The molecule has 0 saturated heterocycles. The zero-order valence-electron chi connectivity index (χ0n) is 25.0. The van der Waals surface area contributed by atoms with Crippen molar-refractivity contribution < 1.29 is 27.4 Å². The van der Waals surface area contributed by atoms with Crippen LogP contribution in [0.15, 0.2) is 102 Å². The summed E-state index contributed by atoms with van der Waals surface area (Å²) in [5.74, 6) is 0.196. The fourth-order valence-corrected chi connectivity index (χ4v) is 5.21. The third-order valence-electron chi connectivity index (χ3n) is 7.23. The van der Waals surface area contributed by atoms with E-state index in [1.165, 1.54) is 16.7 Å². The number of nitrogens with two attached hydrogens (primary N) is 1. The van der Waals surface area contributed by atoms with Crippen LogP contribution >= 0.6 is 0 Å². The van der Waals surface area contributed by atoms with Crippen molar-refractivity contribution in [3.05, 3.63) is 125 Å². The average molecular weight is 632 g/mol. The molecule has 0 aliphatic carbocycles. The summed E-state index contributed by atoms with van der Waals surface area (Å²) in [4.78, 5) is 39.0. The fraction of sp³-hybridized carbons (Fsp3) is 0.235. The minimum absolute atomic E-state index is 0.110. The van der Waals surface area contributed by atoms with Gasteiger partial charge < -0.3 is 20.1 Å². The van der Waals surface area contributed by atoms with Crippen LogP contribution in [0.1, 0.15) is 36.3 Å². The van der Waals surface area contributed by atoms with Crippen LogP contribution in [-0.2, 0) is 17.8 Å². The molecule has 3 aromatic carbocycles. The van der Waals surface area contributed by atoms with Crippen LogP contribution in [0.2, 0.25) is 0 Å². The van der Waals surface area contributed by atoms with E-state index in [4.69, 9.17) is 15.5 Å². The molecule has 1 unspecified atom stereocenters. The standard InChI is InChI=1S/C34H32F3N5O4/c1-2-45-26-15-11-25(12-16-26)42-32(40-29-8-4-3-7-28(29)33(42)44)30(17-18-38)41(22-24-6-5-19-39-21-24)31(43)20-23-9-13-27(14-10-23)46-34(35,36)37/h3-16,19,21,30H,2,17-18,20,22,38H2,1H3. The van der Waals surface area contributed by atoms with Crippen LogP contribution in [0.25, 0.3) is 16.6 Å². The molecule has 0 bridgehead atoms. The van der Waals surface area contributed by atoms with Gasteiger partial charge in [-0.3, -0.25) is 19.1 Å². The maximum Gasteiger partial charge on any atom is 0.573 e. The Bertz CT molecular complexity index is 1830. The number of amides is 1. The van der Waals surface area contributed by atoms with Gasteiger partial charge in [0.2, 0.25) is 5.91 Å². The number of carbonyl (C=O) groups excluding carboxylic acids is 1. The first-order valence-corrected chi connectivity index (χ1v) is 14.6. The highest BCUT2D eigenvalue weighted by Crippen LogP contribution is 2.29. The third kappa shape index (κ3) is 7.70. The summed E-state index contributed by atoms with van der Waals surface area (Å²) in [5, 5.41) is 0.401. The van der Waals surface area contributed by atoms with Crippen molar-refractivity contribution in [1.82, 2.24) is 19.4 Å². The average Bonchev–Trinajstić information content (AvgIpc) is 3.04. The number of halogens is 3. The van der Waals surface area contributed by atoms with E-state index in [0.717, 1.165) is 17.7 Å². The molecule has 0 aliphatic rings. The molecule has 0 saturated carbocycles. The Morgan fingerprint density at radius 3 is 2.33 bits per heavy atom. The predicted molar refractivity (Wildman–Crippen MR) is 167 cm³/mol. The molecule has 1 atom stereocenters. The second-order valence-corrected chi connectivity index (χ2v) is 10.4. The first-order valence-electron chi connectivity index (χ1n) is 14.6. The highest BCUT2D eigenvalue weighted by Gasteiger charge is 2.32. The van der Waals surface area contributed by atoms with Crippen molar-refractivity contribution in [1.29, 1.82) is 0 Å². The SMILES string of the molecule is CCOc1ccc(-n2c(C(CCN)N(Cc3cccnc3)C(=O)Cc3ccc(OC(F)(F)F)cc3)nc3ccccc3c2=O)cc1. The summed E-state index contributed by atoms with van der Waals surface area (Å²) in [6.07, 6.45) is -1.47. The number of pyridine rings is 1. The number of hydrogen-bond acceptors (Lipinski definition) is 7. The molecule has 0 radical (unpaired) electrons. The smallest absolute Gasteiger partial charge is 0.494 e. The fourth-order valence-electron chi connectivity index (χ4n) is 5.21. The number of rotatable bonds is 12. The van der Waals surface area contributed by atoms with Crippen LogP contribution < -0.4 is 20.8 Å². The lowest BCUT2D eigenvalue weighted by molar-refractivity contribution is -0.274. The first kappa shape index (κ1) is 32.2. The van der Waals surface area contributed by atoms with Gasteiger partial charge in [-0.15, -0.1) is 13.2 Å². The van der Waals surface area contributed by atoms with Crippen molar-refractivity contribution >= 4 is 16.8 Å². The Balaban J connectivity index is 1.61. The van der Waals surface area contributed by atoms with Crippen LogP contribution in [-0.4, -0.2) is 44.9 Å². The summed E-state index contributed by atoms with van der Waals surface area (Å²) in [6, 6.07) is 21.9. The Labute approximate surface area is 263 Å². The number of benzene rings is 3. The Hall–Kier alpha value is -5.23. The number of carbonyl (C=O) groups is 1. The molecule has 0 aliphatic heterocycles. The minimum Gasteiger partial charge on any atom is -0.494 e. The normalized spacial score (nSPS) is 12.1. The van der Waals surface area contributed by atoms with E-state index >= 15 is 0 Å². The van der Waals surface area contributed by atoms with E-state index in [1.54, 1.807) is 71.9 Å². The van der Waals surface area contributed by atoms with Crippen molar-refractivity contribution in [2.45, 2.75) is 38.7 Å². The molecule has 2 heterocycles. The van der Waals surface area contributed by atoms with Crippen LogP contribution in [0.3, 0.4) is 0 Å². The largest absolute Gasteiger partial charge is 0.573 e. The van der Waals surface area contributed by atoms with Gasteiger partial charge in [0.15, 0.2) is 0 Å². The van der Waals surface area contributed by atoms with Gasteiger partial charge in [0.25, 0.3) is 5.56 Å². The molecule has 1 amide bonds. The molecule has 5 aromatic rings. The number of fused-ring (bicyclic) bond motifs is 1. The summed E-state index contributed by atoms with van der Waals surface area (Å²) < 4.78 is 49.1. The molecule has 46 heavy (non-hydrogen) atoms. The lowest BCUT2D eigenvalue weighted by atomic mass is 10.1. The molecule has 238 valence electrons. The van der Waals surface area contributed by atoms with Gasteiger partial charge in [-0.1, -0.05) is 30.3 Å². The number of ether oxygens (including phenoxy) is 2. The maximum absolute atomic E-state index is 14.2.